The van der Waals surface area contributed by atoms with E-state index in [1.54, 1.807) is 12.1 Å². The summed E-state index contributed by atoms with van der Waals surface area (Å²) in [5.41, 5.74) is 10.9. The molecule has 0 aliphatic rings. The van der Waals surface area contributed by atoms with Crippen molar-refractivity contribution < 1.29 is 4.79 Å². The molecule has 0 aromatic carbocycles. The van der Waals surface area contributed by atoms with Gasteiger partial charge in [-0.05, 0) is 30.5 Å². The van der Waals surface area contributed by atoms with Crippen LogP contribution in [0.1, 0.15) is 37.7 Å². The predicted octanol–water partition coefficient (Wildman–Crippen LogP) is 0.751. The van der Waals surface area contributed by atoms with Gasteiger partial charge >= 0.3 is 0 Å². The van der Waals surface area contributed by atoms with Gasteiger partial charge in [-0.25, -0.2) is 0 Å². The maximum Gasteiger partial charge on any atom is 0.269 e. The summed E-state index contributed by atoms with van der Waals surface area (Å²) in [6, 6.07) is 3.44. The van der Waals surface area contributed by atoms with Gasteiger partial charge in [-0.1, -0.05) is 20.8 Å². The number of amides is 1. The normalized spacial score (nSPS) is 13.1. The first kappa shape index (κ1) is 14.4. The molecule has 1 aromatic heterocycles. The zero-order valence-electron chi connectivity index (χ0n) is 11.1. The van der Waals surface area contributed by atoms with Crippen molar-refractivity contribution in [2.75, 3.05) is 11.9 Å². The minimum atomic E-state index is -0.580. The van der Waals surface area contributed by atoms with Crippen molar-refractivity contribution in [2.24, 2.45) is 16.9 Å². The Morgan fingerprint density at radius 3 is 2.44 bits per heavy atom. The maximum absolute atomic E-state index is 10.9. The fourth-order valence-corrected chi connectivity index (χ4v) is 1.61. The monoisotopic (exact) mass is 251 g/mol. The number of nitrogens with one attached hydrogen (secondary N) is 1. The van der Waals surface area contributed by atoms with E-state index in [-0.39, 0.29) is 17.2 Å². The van der Waals surface area contributed by atoms with Crippen LogP contribution in [0, 0.1) is 5.41 Å². The first-order valence-electron chi connectivity index (χ1n) is 5.94. The lowest BCUT2D eigenvalue weighted by atomic mass is 9.85. The highest BCUT2D eigenvalue weighted by atomic mass is 16.1. The Balaban J connectivity index is 2.78. The second-order valence-electron chi connectivity index (χ2n) is 5.31. The largest absolute Gasteiger partial charge is 0.365 e. The van der Waals surface area contributed by atoms with Gasteiger partial charge in [0.1, 0.15) is 5.82 Å². The fourth-order valence-electron chi connectivity index (χ4n) is 1.61. The van der Waals surface area contributed by atoms with Crippen molar-refractivity contribution in [3.8, 4) is 0 Å². The molecule has 0 aliphatic carbocycles. The van der Waals surface area contributed by atoms with Crippen LogP contribution >= 0.6 is 0 Å². The summed E-state index contributed by atoms with van der Waals surface area (Å²) in [5.74, 6) is 0.0387. The molecule has 1 unspecified atom stereocenters. The minimum Gasteiger partial charge on any atom is -0.365 e. The third-order valence-electron chi connectivity index (χ3n) is 2.74. The van der Waals surface area contributed by atoms with Gasteiger partial charge in [-0.3, -0.25) is 4.79 Å². The molecule has 1 atom stereocenters. The second-order valence-corrected chi connectivity index (χ2v) is 5.31. The first-order valence-corrected chi connectivity index (χ1v) is 5.94. The Morgan fingerprint density at radius 2 is 2.06 bits per heavy atom. The van der Waals surface area contributed by atoms with Crippen molar-refractivity contribution in [3.05, 3.63) is 17.8 Å². The summed E-state index contributed by atoms with van der Waals surface area (Å²) in [6.45, 7) is 6.99. The number of carbonyl (C=O) groups is 1. The predicted molar refractivity (Wildman–Crippen MR) is 71.1 cm³/mol. The molecule has 0 aliphatic heterocycles. The lowest BCUT2D eigenvalue weighted by molar-refractivity contribution is 0.0994. The summed E-state index contributed by atoms with van der Waals surface area (Å²) in [5, 5.41) is 11.0. The number of anilines is 1. The molecule has 100 valence electrons. The summed E-state index contributed by atoms with van der Waals surface area (Å²) in [7, 11) is 0. The summed E-state index contributed by atoms with van der Waals surface area (Å²) >= 11 is 0. The molecule has 1 heterocycles. The Bertz CT molecular complexity index is 396. The standard InChI is InChI=1S/C12H21N5O/c1-12(2,3)9(6-7-13)15-10-5-4-8(11(14)18)16-17-10/h4-5,9H,6-7,13H2,1-3H3,(H2,14,18)(H,15,17). The molecular weight excluding hydrogens is 230 g/mol. The van der Waals surface area contributed by atoms with Crippen molar-refractivity contribution in [1.29, 1.82) is 0 Å². The van der Waals surface area contributed by atoms with Crippen LogP contribution in [0.25, 0.3) is 0 Å². The van der Waals surface area contributed by atoms with Crippen LogP contribution in [0.3, 0.4) is 0 Å². The molecule has 6 heteroatoms. The van der Waals surface area contributed by atoms with Gasteiger partial charge in [0, 0.05) is 6.04 Å². The van der Waals surface area contributed by atoms with Crippen LogP contribution in [0.5, 0.6) is 0 Å². The summed E-state index contributed by atoms with van der Waals surface area (Å²) < 4.78 is 0. The number of aromatic nitrogens is 2. The molecule has 5 N–H and O–H groups in total. The van der Waals surface area contributed by atoms with Crippen LogP contribution in [-0.2, 0) is 0 Å². The SMILES string of the molecule is CC(C)(C)C(CCN)Nc1ccc(C(N)=O)nn1. The molecule has 0 fully saturated rings. The average molecular weight is 251 g/mol. The lowest BCUT2D eigenvalue weighted by Crippen LogP contribution is -2.36. The maximum atomic E-state index is 10.9. The van der Waals surface area contributed by atoms with Gasteiger partial charge in [-0.15, -0.1) is 10.2 Å². The van der Waals surface area contributed by atoms with Crippen LogP contribution < -0.4 is 16.8 Å². The molecule has 0 saturated carbocycles. The number of hydrogen-bond donors (Lipinski definition) is 3. The smallest absolute Gasteiger partial charge is 0.269 e. The number of primary amides is 1. The van der Waals surface area contributed by atoms with Crippen LogP contribution in [0.15, 0.2) is 12.1 Å². The molecule has 0 radical (unpaired) electrons. The van der Waals surface area contributed by atoms with Crippen molar-refractivity contribution >= 4 is 11.7 Å². The van der Waals surface area contributed by atoms with Gasteiger partial charge in [0.25, 0.3) is 5.91 Å². The number of nitrogens with zero attached hydrogens (tertiary/aromatic N) is 2. The Labute approximate surface area is 107 Å². The zero-order valence-corrected chi connectivity index (χ0v) is 11.1. The average Bonchev–Trinajstić information content (AvgIpc) is 2.28. The molecule has 0 spiro atoms. The van der Waals surface area contributed by atoms with Gasteiger partial charge in [0.2, 0.25) is 0 Å². The van der Waals surface area contributed by atoms with E-state index in [4.69, 9.17) is 11.5 Å². The first-order chi connectivity index (χ1) is 8.34. The molecule has 0 saturated heterocycles. The molecular formula is C12H21N5O. The summed E-state index contributed by atoms with van der Waals surface area (Å²) in [6.07, 6.45) is 0.836. The zero-order chi connectivity index (χ0) is 13.8. The quantitative estimate of drug-likeness (QED) is 0.716. The molecule has 18 heavy (non-hydrogen) atoms. The highest BCUT2D eigenvalue weighted by molar-refractivity contribution is 5.90. The highest BCUT2D eigenvalue weighted by Crippen LogP contribution is 2.24. The second kappa shape index (κ2) is 5.77. The van der Waals surface area contributed by atoms with E-state index in [0.717, 1.165) is 6.42 Å². The van der Waals surface area contributed by atoms with Crippen molar-refractivity contribution in [2.45, 2.75) is 33.2 Å². The third kappa shape index (κ3) is 3.96. The number of rotatable bonds is 5. The van der Waals surface area contributed by atoms with E-state index < -0.39 is 5.91 Å². The van der Waals surface area contributed by atoms with E-state index in [1.807, 2.05) is 0 Å². The lowest BCUT2D eigenvalue weighted by Gasteiger charge is -2.31. The fraction of sp³-hybridized carbons (Fsp3) is 0.583. The van der Waals surface area contributed by atoms with E-state index >= 15 is 0 Å². The van der Waals surface area contributed by atoms with E-state index in [2.05, 4.69) is 36.3 Å². The molecule has 1 aromatic rings. The Hall–Kier alpha value is -1.69. The van der Waals surface area contributed by atoms with Gasteiger partial charge in [0.15, 0.2) is 5.69 Å². The number of hydrogen-bond acceptors (Lipinski definition) is 5. The van der Waals surface area contributed by atoms with Crippen LogP contribution in [0.4, 0.5) is 5.82 Å². The van der Waals surface area contributed by atoms with E-state index in [1.165, 1.54) is 0 Å². The molecule has 1 amide bonds. The number of carbonyl (C=O) groups excluding carboxylic acids is 1. The Morgan fingerprint density at radius 1 is 1.39 bits per heavy atom. The van der Waals surface area contributed by atoms with E-state index in [9.17, 15) is 4.79 Å². The summed E-state index contributed by atoms with van der Waals surface area (Å²) in [4.78, 5) is 10.9. The van der Waals surface area contributed by atoms with E-state index in [0.29, 0.717) is 12.4 Å². The molecule has 1 rings (SSSR count). The van der Waals surface area contributed by atoms with Crippen LogP contribution in [0.2, 0.25) is 0 Å². The van der Waals surface area contributed by atoms with Crippen molar-refractivity contribution in [3.63, 3.8) is 0 Å². The number of nitrogens with two attached hydrogens (primary N) is 2. The van der Waals surface area contributed by atoms with Gasteiger partial charge < -0.3 is 16.8 Å². The van der Waals surface area contributed by atoms with Crippen molar-refractivity contribution in [1.82, 2.24) is 10.2 Å². The van der Waals surface area contributed by atoms with Gasteiger partial charge in [0.05, 0.1) is 0 Å². The third-order valence-corrected chi connectivity index (χ3v) is 2.74. The van der Waals surface area contributed by atoms with Gasteiger partial charge in [-0.2, -0.15) is 0 Å². The topological polar surface area (TPSA) is 107 Å². The molecule has 0 bridgehead atoms. The minimum absolute atomic E-state index is 0.0589. The van der Waals surface area contributed by atoms with Crippen LogP contribution in [-0.4, -0.2) is 28.7 Å². The highest BCUT2D eigenvalue weighted by Gasteiger charge is 2.24. The molecule has 6 nitrogen and oxygen atoms in total. The Kier molecular flexibility index (Phi) is 4.61.